The maximum absolute atomic E-state index is 12.6. The highest BCUT2D eigenvalue weighted by atomic mass is 35.5. The summed E-state index contributed by atoms with van der Waals surface area (Å²) < 4.78 is 5.29. The molecule has 1 fully saturated rings. The highest BCUT2D eigenvalue weighted by Crippen LogP contribution is 2.23. The van der Waals surface area contributed by atoms with Crippen LogP contribution in [0.4, 0.5) is 0 Å². The van der Waals surface area contributed by atoms with Crippen LogP contribution in [0.25, 0.3) is 0 Å². The zero-order valence-corrected chi connectivity index (χ0v) is 15.1. The second kappa shape index (κ2) is 8.14. The number of hydrogen-bond acceptors (Lipinski definition) is 5. The molecule has 3 rings (SSSR count). The number of rotatable bonds is 4. The summed E-state index contributed by atoms with van der Waals surface area (Å²) in [5, 5.41) is 0.563. The van der Waals surface area contributed by atoms with Crippen molar-refractivity contribution in [2.24, 2.45) is 0 Å². The SMILES string of the molecule is COc1ccc(Cl)cc1CC(=O)N1CCN(C(=O)c2cnccn2)CC1. The van der Waals surface area contributed by atoms with Crippen LogP contribution >= 0.6 is 11.6 Å². The van der Waals surface area contributed by atoms with Crippen LogP contribution in [0.2, 0.25) is 5.02 Å². The predicted octanol–water partition coefficient (Wildman–Crippen LogP) is 1.67. The Labute approximate surface area is 156 Å². The van der Waals surface area contributed by atoms with Gasteiger partial charge < -0.3 is 14.5 Å². The third kappa shape index (κ3) is 4.11. The van der Waals surface area contributed by atoms with E-state index in [2.05, 4.69) is 9.97 Å². The molecule has 1 aromatic carbocycles. The molecule has 0 bridgehead atoms. The second-order valence-electron chi connectivity index (χ2n) is 5.90. The lowest BCUT2D eigenvalue weighted by Gasteiger charge is -2.34. The Morgan fingerprint density at radius 2 is 1.88 bits per heavy atom. The molecule has 0 spiro atoms. The highest BCUT2D eigenvalue weighted by Gasteiger charge is 2.26. The Bertz CT molecular complexity index is 792. The van der Waals surface area contributed by atoms with Crippen molar-refractivity contribution in [3.63, 3.8) is 0 Å². The molecule has 0 N–H and O–H groups in total. The lowest BCUT2D eigenvalue weighted by molar-refractivity contribution is -0.131. The smallest absolute Gasteiger partial charge is 0.274 e. The van der Waals surface area contributed by atoms with Gasteiger partial charge in [0.05, 0.1) is 19.7 Å². The number of benzene rings is 1. The predicted molar refractivity (Wildman–Crippen MR) is 96.2 cm³/mol. The van der Waals surface area contributed by atoms with Crippen molar-refractivity contribution in [3.05, 3.63) is 53.1 Å². The first-order valence-electron chi connectivity index (χ1n) is 8.24. The quantitative estimate of drug-likeness (QED) is 0.813. The van der Waals surface area contributed by atoms with E-state index in [0.29, 0.717) is 42.6 Å². The largest absolute Gasteiger partial charge is 0.496 e. The van der Waals surface area contributed by atoms with Crippen LogP contribution in [-0.4, -0.2) is 64.9 Å². The molecule has 7 nitrogen and oxygen atoms in total. The van der Waals surface area contributed by atoms with Crippen molar-refractivity contribution in [1.82, 2.24) is 19.8 Å². The number of halogens is 1. The number of piperazine rings is 1. The molecule has 8 heteroatoms. The minimum atomic E-state index is -0.165. The second-order valence-corrected chi connectivity index (χ2v) is 6.33. The summed E-state index contributed by atoms with van der Waals surface area (Å²) in [5.41, 5.74) is 1.07. The molecule has 2 heterocycles. The average Bonchev–Trinajstić information content (AvgIpc) is 2.68. The van der Waals surface area contributed by atoms with E-state index in [1.165, 1.54) is 18.6 Å². The summed E-state index contributed by atoms with van der Waals surface area (Å²) in [5.74, 6) is 0.457. The third-order valence-electron chi connectivity index (χ3n) is 4.29. The van der Waals surface area contributed by atoms with Crippen LogP contribution in [0.5, 0.6) is 5.75 Å². The molecule has 2 aromatic rings. The van der Waals surface area contributed by atoms with Crippen LogP contribution in [0.3, 0.4) is 0 Å². The minimum absolute atomic E-state index is 0.0165. The number of hydrogen-bond donors (Lipinski definition) is 0. The van der Waals surface area contributed by atoms with Crippen LogP contribution in [0.1, 0.15) is 16.1 Å². The number of carbonyl (C=O) groups excluding carboxylic acids is 2. The third-order valence-corrected chi connectivity index (χ3v) is 4.52. The Morgan fingerprint density at radius 1 is 1.15 bits per heavy atom. The van der Waals surface area contributed by atoms with Gasteiger partial charge in [-0.1, -0.05) is 11.6 Å². The summed E-state index contributed by atoms with van der Waals surface area (Å²) in [6.07, 6.45) is 4.68. The van der Waals surface area contributed by atoms with Crippen LogP contribution < -0.4 is 4.74 Å². The maximum atomic E-state index is 12.6. The van der Waals surface area contributed by atoms with Crippen LogP contribution in [-0.2, 0) is 11.2 Å². The van der Waals surface area contributed by atoms with E-state index >= 15 is 0 Å². The number of ether oxygens (including phenoxy) is 1. The summed E-state index contributed by atoms with van der Waals surface area (Å²) in [7, 11) is 1.56. The Balaban J connectivity index is 1.59. The van der Waals surface area contributed by atoms with Crippen molar-refractivity contribution in [2.75, 3.05) is 33.3 Å². The number of amides is 2. The monoisotopic (exact) mass is 374 g/mol. The van der Waals surface area contributed by atoms with E-state index in [1.54, 1.807) is 35.1 Å². The van der Waals surface area contributed by atoms with Crippen molar-refractivity contribution in [2.45, 2.75) is 6.42 Å². The molecule has 0 atom stereocenters. The average molecular weight is 375 g/mol. The molecule has 1 saturated heterocycles. The van der Waals surface area contributed by atoms with Crippen LogP contribution in [0.15, 0.2) is 36.8 Å². The van der Waals surface area contributed by atoms with E-state index in [1.807, 2.05) is 0 Å². The van der Waals surface area contributed by atoms with E-state index in [-0.39, 0.29) is 18.2 Å². The Kier molecular flexibility index (Phi) is 5.68. The van der Waals surface area contributed by atoms with Gasteiger partial charge in [0, 0.05) is 49.2 Å². The first kappa shape index (κ1) is 18.1. The van der Waals surface area contributed by atoms with Gasteiger partial charge in [-0.3, -0.25) is 14.6 Å². The number of carbonyl (C=O) groups is 2. The summed E-state index contributed by atoms with van der Waals surface area (Å²) in [6, 6.07) is 5.22. The molecular formula is C18H19ClN4O3. The molecule has 0 saturated carbocycles. The zero-order valence-electron chi connectivity index (χ0n) is 14.4. The van der Waals surface area contributed by atoms with E-state index in [0.717, 1.165) is 5.56 Å². The van der Waals surface area contributed by atoms with Gasteiger partial charge in [-0.05, 0) is 18.2 Å². The van der Waals surface area contributed by atoms with Gasteiger partial charge in [-0.25, -0.2) is 4.98 Å². The van der Waals surface area contributed by atoms with Gasteiger partial charge in [-0.15, -0.1) is 0 Å². The maximum Gasteiger partial charge on any atom is 0.274 e. The van der Waals surface area contributed by atoms with Crippen molar-refractivity contribution >= 4 is 23.4 Å². The normalized spacial score (nSPS) is 14.2. The molecule has 2 amide bonds. The van der Waals surface area contributed by atoms with Gasteiger partial charge in [0.25, 0.3) is 5.91 Å². The standard InChI is InChI=1S/C18H19ClN4O3/c1-26-16-3-2-14(19)10-13(16)11-17(24)22-6-8-23(9-7-22)18(25)15-12-20-4-5-21-15/h2-5,10,12H,6-9,11H2,1H3. The van der Waals surface area contributed by atoms with Gasteiger partial charge in [0.1, 0.15) is 11.4 Å². The number of methoxy groups -OCH3 is 1. The fourth-order valence-corrected chi connectivity index (χ4v) is 3.09. The highest BCUT2D eigenvalue weighted by molar-refractivity contribution is 6.30. The first-order valence-corrected chi connectivity index (χ1v) is 8.62. The molecule has 1 aliphatic rings. The van der Waals surface area contributed by atoms with Crippen molar-refractivity contribution in [3.8, 4) is 5.75 Å². The number of nitrogens with zero attached hydrogens (tertiary/aromatic N) is 4. The topological polar surface area (TPSA) is 75.6 Å². The summed E-state index contributed by atoms with van der Waals surface area (Å²) in [4.78, 5) is 36.4. The molecule has 0 aliphatic carbocycles. The molecular weight excluding hydrogens is 356 g/mol. The molecule has 1 aliphatic heterocycles. The molecule has 1 aromatic heterocycles. The Morgan fingerprint density at radius 3 is 2.54 bits per heavy atom. The molecule has 0 unspecified atom stereocenters. The zero-order chi connectivity index (χ0) is 18.5. The van der Waals surface area contributed by atoms with E-state index < -0.39 is 0 Å². The summed E-state index contributed by atoms with van der Waals surface area (Å²) >= 11 is 6.02. The fourth-order valence-electron chi connectivity index (χ4n) is 2.89. The fraction of sp³-hybridized carbons (Fsp3) is 0.333. The molecule has 26 heavy (non-hydrogen) atoms. The van der Waals surface area contributed by atoms with Gasteiger partial charge >= 0.3 is 0 Å². The Hall–Kier alpha value is -2.67. The van der Waals surface area contributed by atoms with Gasteiger partial charge in [-0.2, -0.15) is 0 Å². The lowest BCUT2D eigenvalue weighted by atomic mass is 10.1. The van der Waals surface area contributed by atoms with Gasteiger partial charge in [0.15, 0.2) is 0 Å². The van der Waals surface area contributed by atoms with E-state index in [4.69, 9.17) is 16.3 Å². The minimum Gasteiger partial charge on any atom is -0.496 e. The van der Waals surface area contributed by atoms with Gasteiger partial charge in [0.2, 0.25) is 5.91 Å². The molecule has 136 valence electrons. The van der Waals surface area contributed by atoms with Crippen LogP contribution in [0, 0.1) is 0 Å². The lowest BCUT2D eigenvalue weighted by Crippen LogP contribution is -2.51. The molecule has 0 radical (unpaired) electrons. The van der Waals surface area contributed by atoms with Crippen molar-refractivity contribution < 1.29 is 14.3 Å². The summed E-state index contributed by atoms with van der Waals surface area (Å²) in [6.45, 7) is 1.89. The van der Waals surface area contributed by atoms with Crippen molar-refractivity contribution in [1.29, 1.82) is 0 Å². The number of aromatic nitrogens is 2. The first-order chi connectivity index (χ1) is 12.6. The van der Waals surface area contributed by atoms with E-state index in [9.17, 15) is 9.59 Å².